The van der Waals surface area contributed by atoms with Gasteiger partial charge in [-0.25, -0.2) is 0 Å². The number of hydrogen-bond acceptors (Lipinski definition) is 4. The molecular formula is C16H16ClN3O2. The molecule has 0 aliphatic carbocycles. The highest BCUT2D eigenvalue weighted by molar-refractivity contribution is 6.32. The molecule has 4 rings (SSSR count). The third-order valence-electron chi connectivity index (χ3n) is 4.33. The maximum atomic E-state index is 12.9. The first-order valence-electron chi connectivity index (χ1n) is 7.35. The largest absolute Gasteiger partial charge is 0.369 e. The van der Waals surface area contributed by atoms with Gasteiger partial charge in [0.25, 0.3) is 5.91 Å². The van der Waals surface area contributed by atoms with Gasteiger partial charge < -0.3 is 15.0 Å². The van der Waals surface area contributed by atoms with Crippen molar-refractivity contribution in [1.82, 2.24) is 15.2 Å². The zero-order chi connectivity index (χ0) is 15.2. The van der Waals surface area contributed by atoms with Crippen LogP contribution in [0.4, 0.5) is 0 Å². The second kappa shape index (κ2) is 5.19. The van der Waals surface area contributed by atoms with E-state index in [4.69, 9.17) is 16.3 Å². The number of carbonyl (C=O) groups excluding carboxylic acids is 1. The fourth-order valence-corrected chi connectivity index (χ4v) is 3.35. The van der Waals surface area contributed by atoms with Gasteiger partial charge in [0.15, 0.2) is 0 Å². The number of carbonyl (C=O) groups is 1. The number of ether oxygens (including phenoxy) is 1. The van der Waals surface area contributed by atoms with Crippen molar-refractivity contribution in [3.05, 3.63) is 41.0 Å². The molecule has 0 saturated carbocycles. The van der Waals surface area contributed by atoms with Gasteiger partial charge in [0.05, 0.1) is 24.2 Å². The van der Waals surface area contributed by atoms with Crippen LogP contribution in [0.15, 0.2) is 30.5 Å². The van der Waals surface area contributed by atoms with E-state index in [1.165, 1.54) is 0 Å². The van der Waals surface area contributed by atoms with Gasteiger partial charge >= 0.3 is 0 Å². The molecule has 1 aromatic heterocycles. The second-order valence-electron chi connectivity index (χ2n) is 5.89. The lowest BCUT2D eigenvalue weighted by Gasteiger charge is -2.48. The number of amides is 1. The summed E-state index contributed by atoms with van der Waals surface area (Å²) in [6.45, 7) is 3.37. The normalized spacial score (nSPS) is 20.1. The van der Waals surface area contributed by atoms with Crippen LogP contribution in [0.5, 0.6) is 0 Å². The average Bonchev–Trinajstić information content (AvgIpc) is 2.52. The Kier molecular flexibility index (Phi) is 3.29. The number of rotatable bonds is 1. The summed E-state index contributed by atoms with van der Waals surface area (Å²) < 4.78 is 5.83. The van der Waals surface area contributed by atoms with Crippen LogP contribution >= 0.6 is 11.6 Å². The lowest BCUT2D eigenvalue weighted by molar-refractivity contribution is -0.126. The van der Waals surface area contributed by atoms with Crippen LogP contribution < -0.4 is 5.32 Å². The van der Waals surface area contributed by atoms with E-state index in [-0.39, 0.29) is 11.5 Å². The van der Waals surface area contributed by atoms with E-state index in [1.807, 2.05) is 23.1 Å². The van der Waals surface area contributed by atoms with E-state index in [2.05, 4.69) is 10.3 Å². The van der Waals surface area contributed by atoms with Crippen molar-refractivity contribution in [2.24, 2.45) is 0 Å². The minimum absolute atomic E-state index is 0.0271. The van der Waals surface area contributed by atoms with E-state index in [1.54, 1.807) is 12.3 Å². The minimum atomic E-state index is -0.213. The molecule has 1 aromatic carbocycles. The monoisotopic (exact) mass is 317 g/mol. The van der Waals surface area contributed by atoms with Crippen molar-refractivity contribution >= 4 is 28.4 Å². The molecule has 1 spiro atoms. The summed E-state index contributed by atoms with van der Waals surface area (Å²) >= 11 is 6.17. The molecule has 22 heavy (non-hydrogen) atoms. The summed E-state index contributed by atoms with van der Waals surface area (Å²) in [5.41, 5.74) is 1.05. The molecule has 1 N–H and O–H groups in total. The molecule has 2 aliphatic heterocycles. The summed E-state index contributed by atoms with van der Waals surface area (Å²) in [6, 6.07) is 7.30. The van der Waals surface area contributed by atoms with Gasteiger partial charge in [-0.1, -0.05) is 17.7 Å². The number of benzene rings is 1. The van der Waals surface area contributed by atoms with Gasteiger partial charge in [0.1, 0.15) is 5.60 Å². The smallest absolute Gasteiger partial charge is 0.256 e. The van der Waals surface area contributed by atoms with E-state index >= 15 is 0 Å². The molecule has 1 amide bonds. The van der Waals surface area contributed by atoms with E-state index in [0.717, 1.165) is 18.5 Å². The van der Waals surface area contributed by atoms with Crippen LogP contribution in [0.2, 0.25) is 5.02 Å². The third kappa shape index (κ3) is 2.26. The van der Waals surface area contributed by atoms with E-state index in [9.17, 15) is 4.79 Å². The molecule has 6 heteroatoms. The van der Waals surface area contributed by atoms with Crippen LogP contribution in [-0.4, -0.2) is 54.2 Å². The number of pyridine rings is 1. The number of halogens is 1. The Balaban J connectivity index is 1.70. The first kappa shape index (κ1) is 13.9. The fourth-order valence-electron chi connectivity index (χ4n) is 3.13. The number of hydrogen-bond donors (Lipinski definition) is 1. The lowest BCUT2D eigenvalue weighted by atomic mass is 9.94. The molecular weight excluding hydrogens is 302 g/mol. The summed E-state index contributed by atoms with van der Waals surface area (Å²) in [6.07, 6.45) is 1.70. The molecule has 2 saturated heterocycles. The SMILES string of the molecule is O=C(c1cc(Cl)cc2cccnc12)N1CCOC2(CNC2)C1. The highest BCUT2D eigenvalue weighted by Gasteiger charge is 2.43. The highest BCUT2D eigenvalue weighted by atomic mass is 35.5. The number of nitrogens with one attached hydrogen (secondary N) is 1. The maximum Gasteiger partial charge on any atom is 0.256 e. The summed E-state index contributed by atoms with van der Waals surface area (Å²) in [7, 11) is 0. The molecule has 0 bridgehead atoms. The number of aromatic nitrogens is 1. The Bertz CT molecular complexity index is 745. The Morgan fingerprint density at radius 2 is 2.27 bits per heavy atom. The number of nitrogens with zero attached hydrogens (tertiary/aromatic N) is 2. The van der Waals surface area contributed by atoms with Gasteiger partial charge in [-0.3, -0.25) is 9.78 Å². The zero-order valence-electron chi connectivity index (χ0n) is 12.0. The Labute approximate surface area is 133 Å². The molecule has 2 aliphatic rings. The lowest BCUT2D eigenvalue weighted by Crippen LogP contribution is -2.69. The Morgan fingerprint density at radius 3 is 3.05 bits per heavy atom. The van der Waals surface area contributed by atoms with Gasteiger partial charge in [-0.2, -0.15) is 0 Å². The van der Waals surface area contributed by atoms with Gasteiger partial charge in [-0.05, 0) is 18.2 Å². The number of morpholine rings is 1. The van der Waals surface area contributed by atoms with E-state index < -0.39 is 0 Å². The zero-order valence-corrected chi connectivity index (χ0v) is 12.8. The molecule has 2 fully saturated rings. The van der Waals surface area contributed by atoms with E-state index in [0.29, 0.717) is 35.8 Å². The summed E-state index contributed by atoms with van der Waals surface area (Å²) in [5, 5.41) is 4.65. The first-order valence-corrected chi connectivity index (χ1v) is 7.73. The Hall–Kier alpha value is -1.69. The highest BCUT2D eigenvalue weighted by Crippen LogP contribution is 2.27. The average molecular weight is 318 g/mol. The van der Waals surface area contributed by atoms with Crippen molar-refractivity contribution in [2.45, 2.75) is 5.60 Å². The van der Waals surface area contributed by atoms with Crippen molar-refractivity contribution in [3.63, 3.8) is 0 Å². The van der Waals surface area contributed by atoms with Crippen molar-refractivity contribution in [3.8, 4) is 0 Å². The molecule has 0 atom stereocenters. The number of fused-ring (bicyclic) bond motifs is 1. The van der Waals surface area contributed by atoms with Gasteiger partial charge in [-0.15, -0.1) is 0 Å². The van der Waals surface area contributed by atoms with Crippen molar-refractivity contribution in [2.75, 3.05) is 32.8 Å². The topological polar surface area (TPSA) is 54.5 Å². The quantitative estimate of drug-likeness (QED) is 0.870. The van der Waals surface area contributed by atoms with Crippen LogP contribution in [-0.2, 0) is 4.74 Å². The molecule has 2 aromatic rings. The molecule has 0 radical (unpaired) electrons. The van der Waals surface area contributed by atoms with Crippen LogP contribution in [0.25, 0.3) is 10.9 Å². The summed E-state index contributed by atoms with van der Waals surface area (Å²) in [4.78, 5) is 19.2. The Morgan fingerprint density at radius 1 is 1.41 bits per heavy atom. The predicted molar refractivity (Wildman–Crippen MR) is 84.2 cm³/mol. The van der Waals surface area contributed by atoms with Crippen LogP contribution in [0, 0.1) is 0 Å². The van der Waals surface area contributed by atoms with Crippen molar-refractivity contribution in [1.29, 1.82) is 0 Å². The predicted octanol–water partition coefficient (Wildman–Crippen LogP) is 1.70. The van der Waals surface area contributed by atoms with Crippen LogP contribution in [0.1, 0.15) is 10.4 Å². The summed E-state index contributed by atoms with van der Waals surface area (Å²) in [5.74, 6) is -0.0271. The van der Waals surface area contributed by atoms with Crippen LogP contribution in [0.3, 0.4) is 0 Å². The molecule has 5 nitrogen and oxygen atoms in total. The maximum absolute atomic E-state index is 12.9. The fraction of sp³-hybridized carbons (Fsp3) is 0.375. The van der Waals surface area contributed by atoms with Crippen molar-refractivity contribution < 1.29 is 9.53 Å². The second-order valence-corrected chi connectivity index (χ2v) is 6.33. The van der Waals surface area contributed by atoms with Gasteiger partial charge in [0.2, 0.25) is 0 Å². The van der Waals surface area contributed by atoms with Gasteiger partial charge in [0, 0.05) is 36.2 Å². The minimum Gasteiger partial charge on any atom is -0.369 e. The first-order chi connectivity index (χ1) is 10.7. The standard InChI is InChI=1S/C16H16ClN3O2/c17-12-6-11-2-1-3-19-14(11)13(7-12)15(21)20-4-5-22-16(10-20)8-18-9-16/h1-3,6-7,18H,4-5,8-10H2. The molecule has 0 unspecified atom stereocenters. The molecule has 3 heterocycles. The molecule has 114 valence electrons. The third-order valence-corrected chi connectivity index (χ3v) is 4.55.